The molecule has 0 saturated carbocycles. The molecule has 0 fully saturated rings. The van der Waals surface area contributed by atoms with Crippen molar-refractivity contribution in [1.29, 1.82) is 0 Å². The summed E-state index contributed by atoms with van der Waals surface area (Å²) < 4.78 is 0. The van der Waals surface area contributed by atoms with Crippen LogP contribution in [-0.4, -0.2) is 4.92 Å². The predicted molar refractivity (Wildman–Crippen MR) is 138 cm³/mol. The van der Waals surface area contributed by atoms with Gasteiger partial charge in [-0.3, -0.25) is 10.1 Å². The van der Waals surface area contributed by atoms with E-state index in [9.17, 15) is 10.1 Å². The average Bonchev–Trinajstić information content (AvgIpc) is 3.02. The molecule has 0 amide bonds. The third kappa shape index (κ3) is 3.08. The molecule has 4 nitrogen and oxygen atoms in total. The van der Waals surface area contributed by atoms with E-state index in [1.165, 1.54) is 0 Å². The molecule has 5 aromatic rings. The summed E-state index contributed by atoms with van der Waals surface area (Å²) >= 11 is 0. The van der Waals surface area contributed by atoms with Gasteiger partial charge >= 0.3 is 0 Å². The summed E-state index contributed by atoms with van der Waals surface area (Å²) in [6.45, 7) is 0. The first-order valence-corrected chi connectivity index (χ1v) is 11.1. The van der Waals surface area contributed by atoms with Gasteiger partial charge in [0.15, 0.2) is 0 Å². The van der Waals surface area contributed by atoms with Crippen LogP contribution in [0.1, 0.15) is 0 Å². The molecule has 0 bridgehead atoms. The minimum absolute atomic E-state index is 0.0923. The molecule has 0 radical (unpaired) electrons. The Hall–Kier alpha value is -4.70. The standard InChI is InChI=1S/C30H20N2O2/c33-32(34)29-20-9-7-16-25(29)27-18-10-17-26-23-14-5-4-13-22(23)24-15-6-8-19-28(24)31(30(26)27)21-11-2-1-3-12-21/h1-20H. The van der Waals surface area contributed by atoms with Crippen molar-refractivity contribution in [2.75, 3.05) is 4.90 Å². The molecule has 0 saturated heterocycles. The van der Waals surface area contributed by atoms with Crippen LogP contribution in [0.4, 0.5) is 22.7 Å². The highest BCUT2D eigenvalue weighted by molar-refractivity contribution is 6.07. The number of benzene rings is 5. The molecular formula is C30H20N2O2. The van der Waals surface area contributed by atoms with Crippen molar-refractivity contribution in [2.45, 2.75) is 0 Å². The summed E-state index contributed by atoms with van der Waals surface area (Å²) in [7, 11) is 0. The molecule has 0 spiro atoms. The van der Waals surface area contributed by atoms with E-state index in [0.717, 1.165) is 44.9 Å². The Bertz CT molecular complexity index is 1540. The van der Waals surface area contributed by atoms with Crippen molar-refractivity contribution in [1.82, 2.24) is 0 Å². The minimum atomic E-state index is -0.305. The van der Waals surface area contributed by atoms with Crippen LogP contribution in [0.5, 0.6) is 0 Å². The van der Waals surface area contributed by atoms with Crippen molar-refractivity contribution >= 4 is 22.7 Å². The average molecular weight is 441 g/mol. The number of nitro groups is 1. The van der Waals surface area contributed by atoms with Gasteiger partial charge in [-0.2, -0.15) is 0 Å². The second kappa shape index (κ2) is 8.01. The van der Waals surface area contributed by atoms with E-state index >= 15 is 0 Å². The lowest BCUT2D eigenvalue weighted by molar-refractivity contribution is -0.384. The van der Waals surface area contributed by atoms with Crippen LogP contribution in [0.2, 0.25) is 0 Å². The summed E-state index contributed by atoms with van der Waals surface area (Å²) in [6, 6.07) is 39.9. The Morgan fingerprint density at radius 1 is 0.500 bits per heavy atom. The minimum Gasteiger partial charge on any atom is -0.309 e. The van der Waals surface area contributed by atoms with Gasteiger partial charge in [-0.15, -0.1) is 0 Å². The second-order valence-electron chi connectivity index (χ2n) is 8.21. The first kappa shape index (κ1) is 19.9. The maximum atomic E-state index is 12.0. The number of fused-ring (bicyclic) bond motifs is 5. The Morgan fingerprint density at radius 2 is 1.00 bits per heavy atom. The summed E-state index contributed by atoms with van der Waals surface area (Å²) in [4.78, 5) is 13.9. The molecule has 0 aromatic heterocycles. The van der Waals surface area contributed by atoms with Gasteiger partial charge in [-0.25, -0.2) is 0 Å². The fourth-order valence-corrected chi connectivity index (χ4v) is 4.89. The molecule has 4 heteroatoms. The zero-order valence-electron chi connectivity index (χ0n) is 18.3. The van der Waals surface area contributed by atoms with E-state index in [0.29, 0.717) is 5.56 Å². The lowest BCUT2D eigenvalue weighted by atomic mass is 9.92. The van der Waals surface area contributed by atoms with Crippen molar-refractivity contribution in [3.05, 3.63) is 131 Å². The number of para-hydroxylation sites is 4. The van der Waals surface area contributed by atoms with Gasteiger partial charge in [-0.05, 0) is 35.4 Å². The molecule has 0 N–H and O–H groups in total. The van der Waals surface area contributed by atoms with Gasteiger partial charge in [0.25, 0.3) is 5.69 Å². The lowest BCUT2D eigenvalue weighted by Crippen LogP contribution is -2.12. The first-order valence-electron chi connectivity index (χ1n) is 11.1. The Balaban J connectivity index is 1.79. The lowest BCUT2D eigenvalue weighted by Gasteiger charge is -2.29. The van der Waals surface area contributed by atoms with E-state index < -0.39 is 0 Å². The third-order valence-corrected chi connectivity index (χ3v) is 6.32. The summed E-state index contributed by atoms with van der Waals surface area (Å²) in [5, 5.41) is 12.0. The van der Waals surface area contributed by atoms with Gasteiger partial charge < -0.3 is 4.90 Å². The summed E-state index contributed by atoms with van der Waals surface area (Å²) in [5.41, 5.74) is 8.86. The number of hydrogen-bond donors (Lipinski definition) is 0. The molecule has 0 unspecified atom stereocenters. The largest absolute Gasteiger partial charge is 0.309 e. The fourth-order valence-electron chi connectivity index (χ4n) is 4.89. The highest BCUT2D eigenvalue weighted by Crippen LogP contribution is 2.54. The van der Waals surface area contributed by atoms with E-state index in [2.05, 4.69) is 59.5 Å². The van der Waals surface area contributed by atoms with Crippen LogP contribution in [0.15, 0.2) is 121 Å². The topological polar surface area (TPSA) is 46.4 Å². The predicted octanol–water partition coefficient (Wildman–Crippen LogP) is 8.38. The van der Waals surface area contributed by atoms with Gasteiger partial charge in [0, 0.05) is 28.4 Å². The number of anilines is 3. The number of hydrogen-bond acceptors (Lipinski definition) is 3. The SMILES string of the molecule is O=[N+]([O-])c1ccccc1-c1cccc2c1N(c1ccccc1)c1ccccc1-c1ccccc1-2. The molecule has 6 rings (SSSR count). The zero-order valence-corrected chi connectivity index (χ0v) is 18.3. The van der Waals surface area contributed by atoms with Crippen molar-refractivity contribution < 1.29 is 4.92 Å². The fraction of sp³-hybridized carbons (Fsp3) is 0. The van der Waals surface area contributed by atoms with Crippen molar-refractivity contribution in [2.24, 2.45) is 0 Å². The van der Waals surface area contributed by atoms with Crippen LogP contribution >= 0.6 is 0 Å². The zero-order chi connectivity index (χ0) is 23.1. The maximum Gasteiger partial charge on any atom is 0.277 e. The second-order valence-corrected chi connectivity index (χ2v) is 8.21. The van der Waals surface area contributed by atoms with E-state index in [1.54, 1.807) is 12.1 Å². The molecule has 1 heterocycles. The molecule has 1 aliphatic rings. The molecule has 34 heavy (non-hydrogen) atoms. The molecule has 1 aliphatic heterocycles. The molecule has 5 aromatic carbocycles. The van der Waals surface area contributed by atoms with Crippen molar-refractivity contribution in [3.8, 4) is 33.4 Å². The van der Waals surface area contributed by atoms with Crippen LogP contribution in [0.3, 0.4) is 0 Å². The van der Waals surface area contributed by atoms with Gasteiger partial charge in [0.05, 0.1) is 21.9 Å². The summed E-state index contributed by atoms with van der Waals surface area (Å²) in [5.74, 6) is 0. The van der Waals surface area contributed by atoms with Crippen LogP contribution < -0.4 is 4.90 Å². The van der Waals surface area contributed by atoms with Crippen LogP contribution in [0.25, 0.3) is 33.4 Å². The van der Waals surface area contributed by atoms with Crippen LogP contribution in [-0.2, 0) is 0 Å². The quantitative estimate of drug-likeness (QED) is 0.205. The Morgan fingerprint density at radius 3 is 1.71 bits per heavy atom. The first-order chi connectivity index (χ1) is 16.7. The maximum absolute atomic E-state index is 12.0. The Kier molecular flexibility index (Phi) is 4.70. The molecule has 162 valence electrons. The summed E-state index contributed by atoms with van der Waals surface area (Å²) in [6.07, 6.45) is 0. The highest BCUT2D eigenvalue weighted by Gasteiger charge is 2.29. The van der Waals surface area contributed by atoms with E-state index in [4.69, 9.17) is 0 Å². The highest BCUT2D eigenvalue weighted by atomic mass is 16.6. The number of nitrogens with zero attached hydrogens (tertiary/aromatic N) is 2. The van der Waals surface area contributed by atoms with Gasteiger partial charge in [-0.1, -0.05) is 91.0 Å². The van der Waals surface area contributed by atoms with Gasteiger partial charge in [0.2, 0.25) is 0 Å². The third-order valence-electron chi connectivity index (χ3n) is 6.32. The molecule has 0 aliphatic carbocycles. The normalized spacial score (nSPS) is 11.7. The molecule has 0 atom stereocenters. The number of nitro benzene ring substituents is 1. The van der Waals surface area contributed by atoms with Crippen molar-refractivity contribution in [3.63, 3.8) is 0 Å². The molecular weight excluding hydrogens is 420 g/mol. The van der Waals surface area contributed by atoms with E-state index in [-0.39, 0.29) is 10.6 Å². The van der Waals surface area contributed by atoms with Gasteiger partial charge in [0.1, 0.15) is 0 Å². The Labute approximate surface area is 197 Å². The monoisotopic (exact) mass is 440 g/mol. The van der Waals surface area contributed by atoms with Crippen LogP contribution in [0, 0.1) is 10.1 Å². The smallest absolute Gasteiger partial charge is 0.277 e. The van der Waals surface area contributed by atoms with E-state index in [1.807, 2.05) is 54.6 Å². The number of rotatable bonds is 3.